The Morgan fingerprint density at radius 2 is 2.43 bits per heavy atom. The lowest BCUT2D eigenvalue weighted by atomic mass is 10.3. The molecule has 0 spiro atoms. The number of rotatable bonds is 5. The van der Waals surface area contributed by atoms with Crippen molar-refractivity contribution in [3.05, 3.63) is 21.9 Å². The number of nitrogens with one attached hydrogen (secondary N) is 1. The minimum Gasteiger partial charge on any atom is -0.317 e. The van der Waals surface area contributed by atoms with Crippen molar-refractivity contribution in [2.45, 2.75) is 19.0 Å². The van der Waals surface area contributed by atoms with Crippen LogP contribution in [0.4, 0.5) is 0 Å². The van der Waals surface area contributed by atoms with Crippen LogP contribution in [-0.2, 0) is 6.54 Å². The molecule has 0 aliphatic rings. The van der Waals surface area contributed by atoms with Crippen LogP contribution >= 0.6 is 24.0 Å². The Labute approximate surface area is 93.6 Å². The second kappa shape index (κ2) is 5.69. The first-order chi connectivity index (χ1) is 6.65. The third kappa shape index (κ3) is 3.23. The average molecular weight is 232 g/mol. The Kier molecular flexibility index (Phi) is 4.86. The van der Waals surface area contributed by atoms with Crippen LogP contribution in [0.5, 0.6) is 0 Å². The molecule has 6 heteroatoms. The minimum atomic E-state index is -0.375. The van der Waals surface area contributed by atoms with Gasteiger partial charge in [-0.25, -0.2) is 10.4 Å². The largest absolute Gasteiger partial charge is 0.317 e. The van der Waals surface area contributed by atoms with Gasteiger partial charge in [-0.05, 0) is 23.9 Å². The molecule has 0 fully saturated rings. The molecule has 0 saturated heterocycles. The van der Waals surface area contributed by atoms with Gasteiger partial charge in [0.2, 0.25) is 0 Å². The van der Waals surface area contributed by atoms with E-state index in [1.165, 1.54) is 10.4 Å². The van der Waals surface area contributed by atoms with E-state index >= 15 is 0 Å². The van der Waals surface area contributed by atoms with Crippen LogP contribution < -0.4 is 16.9 Å². The molecule has 1 atom stereocenters. The number of nitrogens with two attached hydrogens (primary N) is 2. The van der Waals surface area contributed by atoms with Gasteiger partial charge in [-0.3, -0.25) is 0 Å². The second-order valence-electron chi connectivity index (χ2n) is 2.93. The van der Waals surface area contributed by atoms with Gasteiger partial charge in [0.05, 0.1) is 6.67 Å². The van der Waals surface area contributed by atoms with E-state index in [1.54, 1.807) is 16.3 Å². The number of hydrogen-bond donors (Lipinski definition) is 4. The first-order valence-corrected chi connectivity index (χ1v) is 5.71. The molecule has 80 valence electrons. The summed E-state index contributed by atoms with van der Waals surface area (Å²) in [6, 6.07) is 2.09. The third-order valence-corrected chi connectivity index (χ3v) is 3.23. The lowest BCUT2D eigenvalue weighted by Gasteiger charge is -2.24. The smallest absolute Gasteiger partial charge is 0.117 e. The number of nitrogens with zero attached hydrogens (tertiary/aromatic N) is 1. The fraction of sp³-hybridized carbons (Fsp3) is 0.500. The highest BCUT2D eigenvalue weighted by molar-refractivity contribution is 7.80. The summed E-state index contributed by atoms with van der Waals surface area (Å²) >= 11 is 5.81. The Bertz CT molecular complexity index is 274. The maximum absolute atomic E-state index is 5.58. The van der Waals surface area contributed by atoms with Gasteiger partial charge in [-0.15, -0.1) is 24.0 Å². The first-order valence-electron chi connectivity index (χ1n) is 4.32. The topological polar surface area (TPSA) is 67.3 Å². The first kappa shape index (κ1) is 12.0. The van der Waals surface area contributed by atoms with Gasteiger partial charge < -0.3 is 11.5 Å². The molecule has 0 aromatic carbocycles. The van der Waals surface area contributed by atoms with Gasteiger partial charge in [-0.2, -0.15) is 0 Å². The van der Waals surface area contributed by atoms with E-state index in [4.69, 9.17) is 11.5 Å². The molecular formula is C8H16N4S2. The summed E-state index contributed by atoms with van der Waals surface area (Å²) in [4.78, 5) is 1.29. The quantitative estimate of drug-likeness (QED) is 0.338. The monoisotopic (exact) mass is 232 g/mol. The van der Waals surface area contributed by atoms with Crippen LogP contribution in [0.3, 0.4) is 0 Å². The normalized spacial score (nSPS) is 13.5. The highest BCUT2D eigenvalue weighted by Crippen LogP contribution is 2.14. The fourth-order valence-electron chi connectivity index (χ4n) is 1.02. The summed E-state index contributed by atoms with van der Waals surface area (Å²) in [7, 11) is 0. The summed E-state index contributed by atoms with van der Waals surface area (Å²) < 4.78 is 0. The summed E-state index contributed by atoms with van der Waals surface area (Å²) in [5.74, 6) is 0. The van der Waals surface area contributed by atoms with Gasteiger partial charge in [0.1, 0.15) is 5.50 Å². The number of aryl methyl sites for hydroxylation is 1. The minimum absolute atomic E-state index is 0.342. The van der Waals surface area contributed by atoms with Crippen LogP contribution in [0.2, 0.25) is 0 Å². The molecule has 5 N–H and O–H groups in total. The Hall–Kier alpha value is -0.110. The number of hydrogen-bond acceptors (Lipinski definition) is 6. The number of thiol groups is 1. The highest BCUT2D eigenvalue weighted by atomic mass is 32.1. The van der Waals surface area contributed by atoms with Crippen molar-refractivity contribution in [1.82, 2.24) is 10.4 Å². The molecule has 0 aliphatic carbocycles. The van der Waals surface area contributed by atoms with Crippen molar-refractivity contribution in [2.75, 3.05) is 6.67 Å². The molecular weight excluding hydrogens is 216 g/mol. The zero-order chi connectivity index (χ0) is 10.6. The molecule has 1 unspecified atom stereocenters. The second-order valence-corrected chi connectivity index (χ2v) is 4.46. The summed E-state index contributed by atoms with van der Waals surface area (Å²) in [6.07, 6.45) is 0. The van der Waals surface area contributed by atoms with E-state index in [2.05, 4.69) is 36.4 Å². The van der Waals surface area contributed by atoms with Gasteiger partial charge in [0.15, 0.2) is 0 Å². The molecule has 0 bridgehead atoms. The highest BCUT2D eigenvalue weighted by Gasteiger charge is 2.08. The van der Waals surface area contributed by atoms with E-state index in [1.807, 2.05) is 0 Å². The average Bonchev–Trinajstić information content (AvgIpc) is 2.52. The van der Waals surface area contributed by atoms with Crippen LogP contribution in [0.1, 0.15) is 10.4 Å². The van der Waals surface area contributed by atoms with Crippen molar-refractivity contribution in [1.29, 1.82) is 0 Å². The molecule has 4 nitrogen and oxygen atoms in total. The molecule has 0 aliphatic heterocycles. The van der Waals surface area contributed by atoms with Gasteiger partial charge in [-0.1, -0.05) is 0 Å². The third-order valence-electron chi connectivity index (χ3n) is 1.93. The van der Waals surface area contributed by atoms with E-state index in [9.17, 15) is 0 Å². The van der Waals surface area contributed by atoms with Gasteiger partial charge >= 0.3 is 0 Å². The summed E-state index contributed by atoms with van der Waals surface area (Å²) in [6.45, 7) is 3.17. The van der Waals surface area contributed by atoms with Crippen molar-refractivity contribution < 1.29 is 0 Å². The Morgan fingerprint density at radius 1 is 1.71 bits per heavy atom. The molecule has 0 radical (unpaired) electrons. The van der Waals surface area contributed by atoms with Crippen LogP contribution in [0, 0.1) is 6.92 Å². The Balaban J connectivity index is 2.43. The number of hydrazine groups is 1. The van der Waals surface area contributed by atoms with Crippen molar-refractivity contribution in [3.63, 3.8) is 0 Å². The summed E-state index contributed by atoms with van der Waals surface area (Å²) in [5.41, 5.74) is 15.1. The van der Waals surface area contributed by atoms with Crippen LogP contribution in [0.25, 0.3) is 0 Å². The maximum atomic E-state index is 5.58. The number of thiophene rings is 1. The lowest BCUT2D eigenvalue weighted by molar-refractivity contribution is 0.177. The van der Waals surface area contributed by atoms with Gasteiger partial charge in [0, 0.05) is 11.4 Å². The molecule has 1 aromatic rings. The fourth-order valence-corrected chi connectivity index (χ4v) is 2.04. The molecule has 14 heavy (non-hydrogen) atoms. The van der Waals surface area contributed by atoms with E-state index in [0.29, 0.717) is 6.67 Å². The van der Waals surface area contributed by atoms with Crippen molar-refractivity contribution in [2.24, 2.45) is 11.5 Å². The lowest BCUT2D eigenvalue weighted by Crippen LogP contribution is -2.49. The zero-order valence-corrected chi connectivity index (χ0v) is 9.81. The predicted octanol–water partition coefficient (Wildman–Crippen LogP) is 0.451. The zero-order valence-electron chi connectivity index (χ0n) is 8.10. The van der Waals surface area contributed by atoms with Crippen LogP contribution in [-0.4, -0.2) is 17.2 Å². The molecule has 1 rings (SSSR count). The van der Waals surface area contributed by atoms with E-state index < -0.39 is 0 Å². The Morgan fingerprint density at radius 3 is 2.86 bits per heavy atom. The molecule has 0 saturated carbocycles. The van der Waals surface area contributed by atoms with Crippen molar-refractivity contribution in [3.8, 4) is 0 Å². The van der Waals surface area contributed by atoms with E-state index in [-0.39, 0.29) is 5.50 Å². The van der Waals surface area contributed by atoms with E-state index in [0.717, 1.165) is 6.54 Å². The van der Waals surface area contributed by atoms with Crippen LogP contribution in [0.15, 0.2) is 11.4 Å². The van der Waals surface area contributed by atoms with Crippen molar-refractivity contribution >= 4 is 24.0 Å². The summed E-state index contributed by atoms with van der Waals surface area (Å²) in [5, 5.41) is 3.75. The SMILES string of the molecule is Cc1ccsc1CNN(CN)C(N)S. The predicted molar refractivity (Wildman–Crippen MR) is 63.8 cm³/mol. The molecule has 1 heterocycles. The molecule has 1 aromatic heterocycles. The maximum Gasteiger partial charge on any atom is 0.117 e. The standard InChI is InChI=1S/C8H16N4S2/c1-6-2-3-14-7(6)4-11-12(5-9)8(10)13/h2-3,8,11,13H,4-5,9-10H2,1H3. The van der Waals surface area contributed by atoms with Gasteiger partial charge in [0.25, 0.3) is 0 Å². The molecule has 0 amide bonds.